The molecule has 0 saturated carbocycles. The number of hydrogen-bond acceptors (Lipinski definition) is 0. The van der Waals surface area contributed by atoms with Gasteiger partial charge in [-0.15, -0.1) is 0 Å². The first kappa shape index (κ1) is 5.35. The van der Waals surface area contributed by atoms with E-state index >= 15 is 0 Å². The van der Waals surface area contributed by atoms with Crippen molar-refractivity contribution in [2.24, 2.45) is 0 Å². The van der Waals surface area contributed by atoms with Gasteiger partial charge in [-0.2, -0.15) is 0 Å². The molecule has 1 nitrogen and oxygen atoms in total. The topological polar surface area (TPSA) is 15.8 Å². The third-order valence-corrected chi connectivity index (χ3v) is 1.18. The van der Waals surface area contributed by atoms with Gasteiger partial charge in [0.15, 0.2) is 0 Å². The predicted molar refractivity (Wildman–Crippen MR) is 30.2 cm³/mol. The van der Waals surface area contributed by atoms with E-state index in [1.54, 1.807) is 20.0 Å². The van der Waals surface area contributed by atoms with Gasteiger partial charge in [-0.25, -0.2) is 4.39 Å². The maximum atomic E-state index is 12.5. The minimum Gasteiger partial charge on any atom is -0.362 e. The van der Waals surface area contributed by atoms with Crippen molar-refractivity contribution in [1.29, 1.82) is 0 Å². The Labute approximate surface area is 47.5 Å². The summed E-state index contributed by atoms with van der Waals surface area (Å²) in [6.07, 6.45) is 1.66. The molecule has 0 spiro atoms. The Morgan fingerprint density at radius 3 is 2.25 bits per heavy atom. The second kappa shape index (κ2) is 1.62. The summed E-state index contributed by atoms with van der Waals surface area (Å²) in [7, 11) is 0. The molecular formula is C6H8FN. The zero-order chi connectivity index (χ0) is 6.15. The van der Waals surface area contributed by atoms with Gasteiger partial charge < -0.3 is 4.98 Å². The molecule has 0 saturated heterocycles. The van der Waals surface area contributed by atoms with Gasteiger partial charge in [0.05, 0.1) is 0 Å². The number of aromatic nitrogens is 1. The molecule has 1 aromatic rings. The predicted octanol–water partition coefficient (Wildman–Crippen LogP) is 1.77. The van der Waals surface area contributed by atoms with Crippen LogP contribution in [0.5, 0.6) is 0 Å². The summed E-state index contributed by atoms with van der Waals surface area (Å²) in [5.74, 6) is -0.120. The summed E-state index contributed by atoms with van der Waals surface area (Å²) in [6.45, 7) is 3.45. The lowest BCUT2D eigenvalue weighted by Crippen LogP contribution is -1.74. The second-order valence-electron chi connectivity index (χ2n) is 1.91. The van der Waals surface area contributed by atoms with E-state index in [1.807, 2.05) is 0 Å². The van der Waals surface area contributed by atoms with E-state index in [0.29, 0.717) is 11.3 Å². The SMILES string of the molecule is Cc1c[nH]c(C)c1F. The van der Waals surface area contributed by atoms with Gasteiger partial charge in [-0.05, 0) is 13.8 Å². The summed E-state index contributed by atoms with van der Waals surface area (Å²) in [4.78, 5) is 2.76. The van der Waals surface area contributed by atoms with Gasteiger partial charge in [-0.1, -0.05) is 0 Å². The fourth-order valence-corrected chi connectivity index (χ4v) is 0.639. The molecule has 0 radical (unpaired) electrons. The van der Waals surface area contributed by atoms with E-state index in [-0.39, 0.29) is 5.82 Å². The maximum Gasteiger partial charge on any atom is 0.146 e. The third-order valence-electron chi connectivity index (χ3n) is 1.18. The van der Waals surface area contributed by atoms with Crippen LogP contribution in [-0.4, -0.2) is 4.98 Å². The average Bonchev–Trinajstić information content (AvgIpc) is 1.98. The van der Waals surface area contributed by atoms with Gasteiger partial charge in [0, 0.05) is 17.5 Å². The van der Waals surface area contributed by atoms with Crippen molar-refractivity contribution in [2.75, 3.05) is 0 Å². The molecule has 0 aliphatic rings. The van der Waals surface area contributed by atoms with Gasteiger partial charge in [0.25, 0.3) is 0 Å². The van der Waals surface area contributed by atoms with E-state index in [4.69, 9.17) is 0 Å². The molecule has 2 heteroatoms. The Hall–Kier alpha value is -0.790. The molecule has 0 unspecified atom stereocenters. The molecule has 0 atom stereocenters. The van der Waals surface area contributed by atoms with Crippen molar-refractivity contribution in [3.63, 3.8) is 0 Å². The lowest BCUT2D eigenvalue weighted by atomic mass is 10.3. The van der Waals surface area contributed by atoms with Crippen molar-refractivity contribution >= 4 is 0 Å². The molecule has 44 valence electrons. The molecule has 1 heterocycles. The first-order valence-corrected chi connectivity index (χ1v) is 2.52. The fourth-order valence-electron chi connectivity index (χ4n) is 0.639. The lowest BCUT2D eigenvalue weighted by molar-refractivity contribution is 0.612. The highest BCUT2D eigenvalue weighted by atomic mass is 19.1. The van der Waals surface area contributed by atoms with E-state index in [0.717, 1.165) is 0 Å². The van der Waals surface area contributed by atoms with Crippen LogP contribution in [0.2, 0.25) is 0 Å². The molecular weight excluding hydrogens is 105 g/mol. The van der Waals surface area contributed by atoms with E-state index < -0.39 is 0 Å². The molecule has 0 amide bonds. The number of nitrogens with one attached hydrogen (secondary N) is 1. The molecule has 0 aliphatic heterocycles. The highest BCUT2D eigenvalue weighted by molar-refractivity contribution is 5.16. The maximum absolute atomic E-state index is 12.5. The van der Waals surface area contributed by atoms with Crippen molar-refractivity contribution in [3.8, 4) is 0 Å². The Morgan fingerprint density at radius 2 is 2.12 bits per heavy atom. The van der Waals surface area contributed by atoms with Crippen molar-refractivity contribution < 1.29 is 4.39 Å². The second-order valence-corrected chi connectivity index (χ2v) is 1.91. The molecule has 0 bridgehead atoms. The average molecular weight is 113 g/mol. The largest absolute Gasteiger partial charge is 0.362 e. The Morgan fingerprint density at radius 1 is 1.50 bits per heavy atom. The Bertz CT molecular complexity index is 171. The van der Waals surface area contributed by atoms with Crippen LogP contribution in [0, 0.1) is 19.7 Å². The van der Waals surface area contributed by atoms with Crippen LogP contribution in [0.4, 0.5) is 4.39 Å². The number of hydrogen-bond donors (Lipinski definition) is 1. The van der Waals surface area contributed by atoms with Gasteiger partial charge in [0.2, 0.25) is 0 Å². The van der Waals surface area contributed by atoms with Crippen LogP contribution in [-0.2, 0) is 0 Å². The Kier molecular flexibility index (Phi) is 1.08. The fraction of sp³-hybridized carbons (Fsp3) is 0.333. The van der Waals surface area contributed by atoms with E-state index in [9.17, 15) is 4.39 Å². The normalized spacial score (nSPS) is 9.88. The van der Waals surface area contributed by atoms with Gasteiger partial charge >= 0.3 is 0 Å². The number of halogens is 1. The first-order chi connectivity index (χ1) is 3.72. The van der Waals surface area contributed by atoms with Crippen LogP contribution in [0.25, 0.3) is 0 Å². The summed E-state index contributed by atoms with van der Waals surface area (Å²) in [5.41, 5.74) is 1.30. The minimum absolute atomic E-state index is 0.120. The smallest absolute Gasteiger partial charge is 0.146 e. The monoisotopic (exact) mass is 113 g/mol. The van der Waals surface area contributed by atoms with E-state index in [1.165, 1.54) is 0 Å². The van der Waals surface area contributed by atoms with Crippen molar-refractivity contribution in [1.82, 2.24) is 4.98 Å². The van der Waals surface area contributed by atoms with Gasteiger partial charge in [-0.3, -0.25) is 0 Å². The third kappa shape index (κ3) is 0.619. The van der Waals surface area contributed by atoms with Crippen molar-refractivity contribution in [2.45, 2.75) is 13.8 Å². The first-order valence-electron chi connectivity index (χ1n) is 2.52. The molecule has 1 aromatic heterocycles. The summed E-state index contributed by atoms with van der Waals surface area (Å²) < 4.78 is 12.5. The highest BCUT2D eigenvalue weighted by Gasteiger charge is 1.99. The molecule has 0 fully saturated rings. The molecule has 0 aromatic carbocycles. The summed E-state index contributed by atoms with van der Waals surface area (Å²) in [6, 6.07) is 0. The number of aryl methyl sites for hydroxylation is 2. The zero-order valence-electron chi connectivity index (χ0n) is 4.96. The number of aromatic amines is 1. The quantitative estimate of drug-likeness (QED) is 0.527. The van der Waals surface area contributed by atoms with Crippen LogP contribution in [0.1, 0.15) is 11.3 Å². The van der Waals surface area contributed by atoms with Gasteiger partial charge in [0.1, 0.15) is 5.82 Å². The van der Waals surface area contributed by atoms with E-state index in [2.05, 4.69) is 4.98 Å². The number of rotatable bonds is 0. The molecule has 8 heavy (non-hydrogen) atoms. The van der Waals surface area contributed by atoms with Crippen LogP contribution in [0.15, 0.2) is 6.20 Å². The molecule has 0 aliphatic carbocycles. The molecule has 1 N–H and O–H groups in total. The van der Waals surface area contributed by atoms with Crippen LogP contribution < -0.4 is 0 Å². The van der Waals surface area contributed by atoms with Crippen LogP contribution in [0.3, 0.4) is 0 Å². The summed E-state index contributed by atoms with van der Waals surface area (Å²) >= 11 is 0. The van der Waals surface area contributed by atoms with Crippen molar-refractivity contribution in [3.05, 3.63) is 23.3 Å². The lowest BCUT2D eigenvalue weighted by Gasteiger charge is -1.81. The Balaban J connectivity index is 3.19. The minimum atomic E-state index is -0.120. The summed E-state index contributed by atoms with van der Waals surface area (Å²) in [5, 5.41) is 0. The van der Waals surface area contributed by atoms with Crippen LogP contribution >= 0.6 is 0 Å². The molecule has 1 rings (SSSR count). The standard InChI is InChI=1S/C6H8FN/c1-4-3-8-5(2)6(4)7/h3,8H,1-2H3. The zero-order valence-corrected chi connectivity index (χ0v) is 4.96. The highest BCUT2D eigenvalue weighted by Crippen LogP contribution is 2.07. The number of H-pyrrole nitrogens is 1.